The molecule has 0 aliphatic heterocycles. The van der Waals surface area contributed by atoms with Crippen LogP contribution in [0.1, 0.15) is 34.7 Å². The number of aryl methyl sites for hydroxylation is 1. The third-order valence-electron chi connectivity index (χ3n) is 5.81. The van der Waals surface area contributed by atoms with Crippen LogP contribution in [-0.2, 0) is 11.2 Å². The van der Waals surface area contributed by atoms with Crippen molar-refractivity contribution in [2.75, 3.05) is 5.32 Å². The summed E-state index contributed by atoms with van der Waals surface area (Å²) in [6, 6.07) is 18.0. The standard InChI is InChI=1S/C27H24ClN3O5/c1-15-6-9-17(10-7-15)21(14-23(32)33)30-27(36)31-24-25(34)19-11-8-16(13-22(19)29-26(24)35)12-18-4-2-3-5-20(18)28/h2-11,13,21H,12,14H2,1H3,(H,32,33)(H2,29,34,35)(H2,30,31,36)/t21-/m0/s1. The Kier molecular flexibility index (Phi) is 7.26. The lowest BCUT2D eigenvalue weighted by Gasteiger charge is -2.18. The van der Waals surface area contributed by atoms with E-state index in [0.717, 1.165) is 16.7 Å². The van der Waals surface area contributed by atoms with Crippen molar-refractivity contribution >= 4 is 40.2 Å². The minimum absolute atomic E-state index is 0.336. The van der Waals surface area contributed by atoms with Crippen LogP contribution in [0.3, 0.4) is 0 Å². The second-order valence-corrected chi connectivity index (χ2v) is 8.89. The van der Waals surface area contributed by atoms with E-state index in [0.29, 0.717) is 27.9 Å². The highest BCUT2D eigenvalue weighted by Gasteiger charge is 2.21. The molecule has 0 saturated heterocycles. The molecule has 0 saturated carbocycles. The Bertz CT molecular complexity index is 1500. The smallest absolute Gasteiger partial charge is 0.319 e. The van der Waals surface area contributed by atoms with Gasteiger partial charge in [-0.15, -0.1) is 0 Å². The maximum Gasteiger partial charge on any atom is 0.319 e. The van der Waals surface area contributed by atoms with Crippen LogP contribution >= 0.6 is 11.6 Å². The number of carbonyl (C=O) groups is 2. The third-order valence-corrected chi connectivity index (χ3v) is 6.17. The van der Waals surface area contributed by atoms with Gasteiger partial charge in [0.05, 0.1) is 18.0 Å². The zero-order valence-corrected chi connectivity index (χ0v) is 20.1. The van der Waals surface area contributed by atoms with Crippen LogP contribution in [0.2, 0.25) is 5.02 Å². The van der Waals surface area contributed by atoms with Gasteiger partial charge in [-0.2, -0.15) is 0 Å². The van der Waals surface area contributed by atoms with E-state index in [9.17, 15) is 24.6 Å². The van der Waals surface area contributed by atoms with Crippen molar-refractivity contribution in [3.05, 3.63) is 104 Å². The van der Waals surface area contributed by atoms with Gasteiger partial charge in [-0.1, -0.05) is 65.7 Å². The Morgan fingerprint density at radius 3 is 2.47 bits per heavy atom. The largest absolute Gasteiger partial charge is 0.505 e. The first-order valence-electron chi connectivity index (χ1n) is 11.2. The van der Waals surface area contributed by atoms with E-state index < -0.39 is 29.4 Å². The summed E-state index contributed by atoms with van der Waals surface area (Å²) in [5, 5.41) is 25.9. The highest BCUT2D eigenvalue weighted by Crippen LogP contribution is 2.30. The highest BCUT2D eigenvalue weighted by atomic mass is 35.5. The number of aromatic nitrogens is 1. The molecule has 0 bridgehead atoms. The molecule has 0 unspecified atom stereocenters. The molecule has 8 nitrogen and oxygen atoms in total. The topological polar surface area (TPSA) is 132 Å². The van der Waals surface area contributed by atoms with Gasteiger partial charge < -0.3 is 25.8 Å². The summed E-state index contributed by atoms with van der Waals surface area (Å²) in [4.78, 5) is 39.4. The van der Waals surface area contributed by atoms with Crippen LogP contribution in [0.25, 0.3) is 10.9 Å². The minimum Gasteiger partial charge on any atom is -0.505 e. The third kappa shape index (κ3) is 5.67. The van der Waals surface area contributed by atoms with E-state index in [2.05, 4.69) is 15.6 Å². The fourth-order valence-electron chi connectivity index (χ4n) is 3.95. The number of benzene rings is 3. The average Bonchev–Trinajstić information content (AvgIpc) is 2.83. The number of rotatable bonds is 7. The number of anilines is 1. The fourth-order valence-corrected chi connectivity index (χ4v) is 4.15. The summed E-state index contributed by atoms with van der Waals surface area (Å²) in [6.07, 6.45) is 0.176. The molecule has 4 rings (SSSR count). The lowest BCUT2D eigenvalue weighted by molar-refractivity contribution is -0.137. The molecule has 5 N–H and O–H groups in total. The van der Waals surface area contributed by atoms with Gasteiger partial charge in [-0.3, -0.25) is 9.59 Å². The number of nitrogens with one attached hydrogen (secondary N) is 3. The molecule has 36 heavy (non-hydrogen) atoms. The van der Waals surface area contributed by atoms with Crippen LogP contribution in [-0.4, -0.2) is 27.2 Å². The van der Waals surface area contributed by atoms with Crippen molar-refractivity contribution in [2.45, 2.75) is 25.8 Å². The summed E-state index contributed by atoms with van der Waals surface area (Å²) >= 11 is 6.25. The molecule has 0 fully saturated rings. The number of amides is 2. The summed E-state index contributed by atoms with van der Waals surface area (Å²) in [5.74, 6) is -1.49. The Morgan fingerprint density at radius 1 is 1.06 bits per heavy atom. The summed E-state index contributed by atoms with van der Waals surface area (Å²) in [6.45, 7) is 1.89. The summed E-state index contributed by atoms with van der Waals surface area (Å²) < 4.78 is 0. The number of carbonyl (C=O) groups excluding carboxylic acids is 1. The molecule has 0 aliphatic rings. The van der Waals surface area contributed by atoms with Gasteiger partial charge in [-0.05, 0) is 48.2 Å². The number of H-pyrrole nitrogens is 1. The van der Waals surface area contributed by atoms with Crippen molar-refractivity contribution in [3.63, 3.8) is 0 Å². The van der Waals surface area contributed by atoms with Crippen molar-refractivity contribution in [1.82, 2.24) is 10.3 Å². The molecule has 3 aromatic carbocycles. The van der Waals surface area contributed by atoms with Gasteiger partial charge in [0.2, 0.25) is 0 Å². The Balaban J connectivity index is 1.57. The average molecular weight is 506 g/mol. The van der Waals surface area contributed by atoms with Crippen LogP contribution in [0.5, 0.6) is 5.75 Å². The van der Waals surface area contributed by atoms with Crippen molar-refractivity contribution in [2.24, 2.45) is 0 Å². The van der Waals surface area contributed by atoms with Crippen LogP contribution in [0.15, 0.2) is 71.5 Å². The van der Waals surface area contributed by atoms with Crippen LogP contribution < -0.4 is 16.2 Å². The second-order valence-electron chi connectivity index (χ2n) is 8.49. The highest BCUT2D eigenvalue weighted by molar-refractivity contribution is 6.31. The van der Waals surface area contributed by atoms with Crippen molar-refractivity contribution < 1.29 is 19.8 Å². The Morgan fingerprint density at radius 2 is 1.78 bits per heavy atom. The van der Waals surface area contributed by atoms with Gasteiger partial charge in [0.15, 0.2) is 11.4 Å². The molecule has 4 aromatic rings. The quantitative estimate of drug-likeness (QED) is 0.238. The lowest BCUT2D eigenvalue weighted by Crippen LogP contribution is -2.35. The molecule has 0 aliphatic carbocycles. The Hall–Kier alpha value is -4.30. The van der Waals surface area contributed by atoms with E-state index in [1.807, 2.05) is 37.3 Å². The first kappa shape index (κ1) is 24.8. The van der Waals surface area contributed by atoms with Gasteiger partial charge in [0.25, 0.3) is 5.56 Å². The number of halogens is 1. The lowest BCUT2D eigenvalue weighted by atomic mass is 10.0. The van der Waals surface area contributed by atoms with E-state index in [4.69, 9.17) is 11.6 Å². The molecule has 184 valence electrons. The SMILES string of the molecule is Cc1ccc([C@H](CC(=O)O)NC(=O)Nc2c(O)c3ccc(Cc4ccccc4Cl)cc3[nH]c2=O)cc1. The molecular formula is C27H24ClN3O5. The molecule has 2 amide bonds. The maximum atomic E-state index is 12.7. The van der Waals surface area contributed by atoms with Gasteiger partial charge in [0.1, 0.15) is 0 Å². The molecule has 0 spiro atoms. The molecular weight excluding hydrogens is 482 g/mol. The van der Waals surface area contributed by atoms with Gasteiger partial charge >= 0.3 is 12.0 Å². The zero-order chi connectivity index (χ0) is 25.8. The second kappa shape index (κ2) is 10.5. The summed E-state index contributed by atoms with van der Waals surface area (Å²) in [5.41, 5.74) is 2.74. The Labute approximate surface area is 211 Å². The molecule has 1 aromatic heterocycles. The molecule has 0 radical (unpaired) electrons. The zero-order valence-electron chi connectivity index (χ0n) is 19.3. The first-order valence-corrected chi connectivity index (χ1v) is 11.6. The number of carboxylic acid groups (broad SMARTS) is 1. The number of urea groups is 1. The van der Waals surface area contributed by atoms with E-state index in [1.54, 1.807) is 36.4 Å². The molecule has 1 atom stereocenters. The van der Waals surface area contributed by atoms with E-state index in [1.165, 1.54) is 0 Å². The van der Waals surface area contributed by atoms with Crippen LogP contribution in [0.4, 0.5) is 10.5 Å². The number of aliphatic carboxylic acids is 1. The maximum absolute atomic E-state index is 12.7. The van der Waals surface area contributed by atoms with Gasteiger partial charge in [0, 0.05) is 10.4 Å². The number of hydrogen-bond donors (Lipinski definition) is 5. The number of carboxylic acids is 1. The van der Waals surface area contributed by atoms with E-state index >= 15 is 0 Å². The minimum atomic E-state index is -1.10. The van der Waals surface area contributed by atoms with Crippen molar-refractivity contribution in [1.29, 1.82) is 0 Å². The predicted octanol–water partition coefficient (Wildman–Crippen LogP) is 5.12. The molecule has 1 heterocycles. The van der Waals surface area contributed by atoms with Crippen LogP contribution in [0, 0.1) is 6.92 Å². The van der Waals surface area contributed by atoms with Gasteiger partial charge in [-0.25, -0.2) is 4.79 Å². The number of aromatic hydroxyl groups is 1. The monoisotopic (exact) mass is 505 g/mol. The molecule has 9 heteroatoms. The number of aromatic amines is 1. The number of pyridine rings is 1. The summed E-state index contributed by atoms with van der Waals surface area (Å²) in [7, 11) is 0. The van der Waals surface area contributed by atoms with E-state index in [-0.39, 0.29) is 12.1 Å². The predicted molar refractivity (Wildman–Crippen MR) is 139 cm³/mol. The first-order chi connectivity index (χ1) is 17.2. The van der Waals surface area contributed by atoms with Crippen molar-refractivity contribution in [3.8, 4) is 5.75 Å². The number of hydrogen-bond acceptors (Lipinski definition) is 4. The number of fused-ring (bicyclic) bond motifs is 1. The normalized spacial score (nSPS) is 11.7. The fraction of sp³-hybridized carbons (Fsp3) is 0.148.